The first-order valence-corrected chi connectivity index (χ1v) is 6.61. The number of rotatable bonds is 3. The smallest absolute Gasteiger partial charge is 0.299 e. The Balaban J connectivity index is 1.98. The van der Waals surface area contributed by atoms with Gasteiger partial charge in [-0.25, -0.2) is 0 Å². The number of fused-ring (bicyclic) bond motifs is 1. The van der Waals surface area contributed by atoms with Crippen LogP contribution in [0, 0.1) is 6.92 Å². The maximum absolute atomic E-state index is 12.3. The van der Waals surface area contributed by atoms with E-state index in [1.807, 2.05) is 13.0 Å². The highest BCUT2D eigenvalue weighted by atomic mass is 16.2. The van der Waals surface area contributed by atoms with Gasteiger partial charge < -0.3 is 4.57 Å². The summed E-state index contributed by atoms with van der Waals surface area (Å²) in [6, 6.07) is 8.65. The summed E-state index contributed by atoms with van der Waals surface area (Å²) < 4.78 is 1.70. The number of aryl methyl sites for hydroxylation is 2. The summed E-state index contributed by atoms with van der Waals surface area (Å²) in [6.45, 7) is 1.70. The minimum absolute atomic E-state index is 0.125. The van der Waals surface area contributed by atoms with Crippen molar-refractivity contribution in [2.75, 3.05) is 11.4 Å². The van der Waals surface area contributed by atoms with Gasteiger partial charge in [0.25, 0.3) is 11.7 Å². The molecule has 0 N–H and O–H groups in total. The topological polar surface area (TPSA) is 59.4 Å². The molecule has 0 atom stereocenters. The first-order chi connectivity index (χ1) is 10.0. The fourth-order valence-electron chi connectivity index (χ4n) is 2.67. The van der Waals surface area contributed by atoms with Crippen molar-refractivity contribution in [2.45, 2.75) is 6.92 Å². The van der Waals surface area contributed by atoms with Crippen LogP contribution in [0.5, 0.6) is 0 Å². The fourth-order valence-corrected chi connectivity index (χ4v) is 2.67. The Morgan fingerprint density at radius 1 is 1.14 bits per heavy atom. The Kier molecular flexibility index (Phi) is 2.97. The van der Waals surface area contributed by atoms with Crippen molar-refractivity contribution in [3.63, 3.8) is 0 Å². The van der Waals surface area contributed by atoms with Crippen molar-refractivity contribution in [3.05, 3.63) is 53.3 Å². The number of hydrogen-bond donors (Lipinski definition) is 0. The molecular formula is C16H14N2O3. The molecule has 0 fully saturated rings. The van der Waals surface area contributed by atoms with E-state index >= 15 is 0 Å². The summed E-state index contributed by atoms with van der Waals surface area (Å²) >= 11 is 0. The Morgan fingerprint density at radius 2 is 1.90 bits per heavy atom. The zero-order valence-corrected chi connectivity index (χ0v) is 11.8. The molecule has 0 aliphatic carbocycles. The Morgan fingerprint density at radius 3 is 2.57 bits per heavy atom. The van der Waals surface area contributed by atoms with Crippen molar-refractivity contribution < 1.29 is 14.4 Å². The molecule has 1 amide bonds. The maximum atomic E-state index is 12.3. The molecule has 1 aromatic heterocycles. The van der Waals surface area contributed by atoms with E-state index < -0.39 is 11.7 Å². The SMILES string of the molecule is Cc1cccc2c1N(CC(=O)c1cccn1C)C(=O)C2=O. The summed E-state index contributed by atoms with van der Waals surface area (Å²) in [5.74, 6) is -1.38. The molecule has 21 heavy (non-hydrogen) atoms. The van der Waals surface area contributed by atoms with E-state index in [-0.39, 0.29) is 12.3 Å². The summed E-state index contributed by atoms with van der Waals surface area (Å²) in [4.78, 5) is 37.7. The lowest BCUT2D eigenvalue weighted by molar-refractivity contribution is -0.114. The van der Waals surface area contributed by atoms with Gasteiger partial charge in [0.2, 0.25) is 0 Å². The number of carbonyl (C=O) groups is 3. The molecule has 0 unspecified atom stereocenters. The first kappa shape index (κ1) is 13.3. The van der Waals surface area contributed by atoms with Gasteiger partial charge in [0.05, 0.1) is 23.5 Å². The number of ketones is 2. The molecule has 2 aromatic rings. The van der Waals surface area contributed by atoms with Gasteiger partial charge in [0.1, 0.15) is 0 Å². The minimum Gasteiger partial charge on any atom is -0.348 e. The minimum atomic E-state index is -0.637. The van der Waals surface area contributed by atoms with E-state index in [0.717, 1.165) is 5.56 Å². The lowest BCUT2D eigenvalue weighted by atomic mass is 10.1. The van der Waals surface area contributed by atoms with Crippen molar-refractivity contribution in [1.29, 1.82) is 0 Å². The first-order valence-electron chi connectivity index (χ1n) is 6.61. The van der Waals surface area contributed by atoms with Crippen LogP contribution in [0.2, 0.25) is 0 Å². The van der Waals surface area contributed by atoms with E-state index in [1.54, 1.807) is 42.1 Å². The predicted octanol–water partition coefficient (Wildman–Crippen LogP) is 1.75. The van der Waals surface area contributed by atoms with E-state index in [0.29, 0.717) is 16.9 Å². The van der Waals surface area contributed by atoms with Crippen LogP contribution in [0.3, 0.4) is 0 Å². The largest absolute Gasteiger partial charge is 0.348 e. The van der Waals surface area contributed by atoms with Crippen molar-refractivity contribution in [1.82, 2.24) is 4.57 Å². The van der Waals surface area contributed by atoms with Gasteiger partial charge in [-0.1, -0.05) is 12.1 Å². The quantitative estimate of drug-likeness (QED) is 0.636. The zero-order valence-electron chi connectivity index (χ0n) is 11.8. The van der Waals surface area contributed by atoms with Gasteiger partial charge in [-0.15, -0.1) is 0 Å². The molecule has 3 rings (SSSR count). The standard InChI is InChI=1S/C16H14N2O3/c1-10-5-3-6-11-14(10)18(16(21)15(11)20)9-13(19)12-7-4-8-17(12)2/h3-8H,9H2,1-2H3. The Bertz CT molecular complexity index is 774. The number of Topliss-reactive ketones (excluding diaryl/α,β-unsaturated/α-hetero) is 2. The number of amides is 1. The van der Waals surface area contributed by atoms with Gasteiger partial charge in [0, 0.05) is 13.2 Å². The molecule has 2 heterocycles. The molecule has 1 aromatic carbocycles. The fraction of sp³-hybridized carbons (Fsp3) is 0.188. The highest BCUT2D eigenvalue weighted by molar-refractivity contribution is 6.52. The Labute approximate surface area is 121 Å². The second kappa shape index (κ2) is 4.70. The monoisotopic (exact) mass is 282 g/mol. The molecule has 106 valence electrons. The zero-order chi connectivity index (χ0) is 15.1. The second-order valence-electron chi connectivity index (χ2n) is 5.12. The Hall–Kier alpha value is -2.69. The third kappa shape index (κ3) is 1.98. The summed E-state index contributed by atoms with van der Waals surface area (Å²) in [6.07, 6.45) is 1.77. The van der Waals surface area contributed by atoms with Crippen LogP contribution in [0.25, 0.3) is 0 Å². The number of nitrogens with zero attached hydrogens (tertiary/aromatic N) is 2. The van der Waals surface area contributed by atoms with Crippen LogP contribution < -0.4 is 4.90 Å². The number of hydrogen-bond acceptors (Lipinski definition) is 3. The number of carbonyl (C=O) groups excluding carboxylic acids is 3. The van der Waals surface area contributed by atoms with Gasteiger partial charge in [-0.2, -0.15) is 0 Å². The predicted molar refractivity (Wildman–Crippen MR) is 77.6 cm³/mol. The van der Waals surface area contributed by atoms with Gasteiger partial charge in [0.15, 0.2) is 5.78 Å². The van der Waals surface area contributed by atoms with Crippen LogP contribution >= 0.6 is 0 Å². The van der Waals surface area contributed by atoms with Gasteiger partial charge >= 0.3 is 0 Å². The van der Waals surface area contributed by atoms with E-state index in [1.165, 1.54) is 4.90 Å². The molecule has 1 aliphatic heterocycles. The maximum Gasteiger partial charge on any atom is 0.299 e. The van der Waals surface area contributed by atoms with Crippen LogP contribution in [-0.4, -0.2) is 28.6 Å². The molecule has 5 nitrogen and oxygen atoms in total. The summed E-state index contributed by atoms with van der Waals surface area (Å²) in [5.41, 5.74) is 2.25. The van der Waals surface area contributed by atoms with Gasteiger partial charge in [-0.05, 0) is 30.7 Å². The average Bonchev–Trinajstić information content (AvgIpc) is 2.98. The summed E-state index contributed by atoms with van der Waals surface area (Å²) in [5, 5.41) is 0. The highest BCUT2D eigenvalue weighted by Crippen LogP contribution is 2.32. The number of benzene rings is 1. The second-order valence-corrected chi connectivity index (χ2v) is 5.12. The van der Waals surface area contributed by atoms with Crippen LogP contribution in [0.4, 0.5) is 5.69 Å². The van der Waals surface area contributed by atoms with Crippen molar-refractivity contribution >= 4 is 23.2 Å². The van der Waals surface area contributed by atoms with Gasteiger partial charge in [-0.3, -0.25) is 19.3 Å². The lowest BCUT2D eigenvalue weighted by Crippen LogP contribution is -2.35. The normalized spacial score (nSPS) is 13.7. The third-order valence-corrected chi connectivity index (χ3v) is 3.72. The number of aromatic nitrogens is 1. The average molecular weight is 282 g/mol. The molecule has 0 radical (unpaired) electrons. The van der Waals surface area contributed by atoms with Crippen molar-refractivity contribution in [2.24, 2.45) is 7.05 Å². The molecule has 0 saturated heterocycles. The molecule has 5 heteroatoms. The molecule has 0 spiro atoms. The van der Waals surface area contributed by atoms with E-state index in [2.05, 4.69) is 0 Å². The summed E-state index contributed by atoms with van der Waals surface area (Å²) in [7, 11) is 1.77. The third-order valence-electron chi connectivity index (χ3n) is 3.72. The molecular weight excluding hydrogens is 268 g/mol. The van der Waals surface area contributed by atoms with Crippen LogP contribution in [0.15, 0.2) is 36.5 Å². The molecule has 0 bridgehead atoms. The highest BCUT2D eigenvalue weighted by Gasteiger charge is 2.37. The van der Waals surface area contributed by atoms with E-state index in [9.17, 15) is 14.4 Å². The number of anilines is 1. The molecule has 0 saturated carbocycles. The lowest BCUT2D eigenvalue weighted by Gasteiger charge is -2.17. The van der Waals surface area contributed by atoms with Crippen molar-refractivity contribution in [3.8, 4) is 0 Å². The van der Waals surface area contributed by atoms with Crippen LogP contribution in [0.1, 0.15) is 26.4 Å². The van der Waals surface area contributed by atoms with Crippen LogP contribution in [-0.2, 0) is 11.8 Å². The molecule has 1 aliphatic rings. The number of para-hydroxylation sites is 1. The van der Waals surface area contributed by atoms with E-state index in [4.69, 9.17) is 0 Å².